The largest absolute Gasteiger partial charge is 0.329 e. The highest BCUT2D eigenvalue weighted by Crippen LogP contribution is 1.67. The van der Waals surface area contributed by atoms with Gasteiger partial charge in [0.25, 0.3) is 11.1 Å². The average Bonchev–Trinajstić information content (AvgIpc) is 1.98. The average molecular weight is 155 g/mol. The van der Waals surface area contributed by atoms with Gasteiger partial charge in [-0.25, -0.2) is 4.68 Å². The highest BCUT2D eigenvalue weighted by atomic mass is 16.1. The Kier molecular flexibility index (Phi) is 2.22. The summed E-state index contributed by atoms with van der Waals surface area (Å²) < 4.78 is 1.18. The van der Waals surface area contributed by atoms with Gasteiger partial charge in [-0.3, -0.25) is 14.7 Å². The summed E-state index contributed by atoms with van der Waals surface area (Å²) in [6.07, 6.45) is 0. The van der Waals surface area contributed by atoms with Crippen LogP contribution in [0.15, 0.2) is 21.7 Å². The predicted octanol–water partition coefficient (Wildman–Crippen LogP) is -1.50. The third-order valence-corrected chi connectivity index (χ3v) is 1.24. The molecule has 5 heteroatoms. The molecule has 1 aromatic rings. The van der Waals surface area contributed by atoms with Gasteiger partial charge in [0.1, 0.15) is 0 Å². The Bertz CT molecular complexity index is 338. The number of aromatic amines is 1. The summed E-state index contributed by atoms with van der Waals surface area (Å²) in [4.78, 5) is 21.6. The maximum atomic E-state index is 10.9. The first-order chi connectivity index (χ1) is 5.24. The molecule has 0 aromatic carbocycles. The van der Waals surface area contributed by atoms with Crippen LogP contribution in [0.2, 0.25) is 0 Å². The maximum Gasteiger partial charge on any atom is 0.265 e. The van der Waals surface area contributed by atoms with Crippen LogP contribution < -0.4 is 16.9 Å². The van der Waals surface area contributed by atoms with Crippen molar-refractivity contribution in [2.45, 2.75) is 6.54 Å². The van der Waals surface area contributed by atoms with E-state index in [0.29, 0.717) is 13.1 Å². The molecule has 0 aliphatic rings. The van der Waals surface area contributed by atoms with Gasteiger partial charge < -0.3 is 5.73 Å². The number of H-pyrrole nitrogens is 1. The van der Waals surface area contributed by atoms with Crippen LogP contribution in [-0.4, -0.2) is 16.3 Å². The monoisotopic (exact) mass is 155 g/mol. The highest BCUT2D eigenvalue weighted by Gasteiger charge is 1.92. The number of hydrogen-bond acceptors (Lipinski definition) is 3. The molecule has 60 valence electrons. The van der Waals surface area contributed by atoms with E-state index < -0.39 is 0 Å². The summed E-state index contributed by atoms with van der Waals surface area (Å²) in [5.41, 5.74) is 4.66. The molecule has 0 unspecified atom stereocenters. The first-order valence-electron chi connectivity index (χ1n) is 3.24. The molecule has 0 spiro atoms. The Morgan fingerprint density at radius 2 is 2.18 bits per heavy atom. The Hall–Kier alpha value is -1.36. The molecule has 0 fully saturated rings. The minimum absolute atomic E-state index is 0.241. The lowest BCUT2D eigenvalue weighted by Gasteiger charge is -1.99. The second-order valence-electron chi connectivity index (χ2n) is 2.09. The lowest BCUT2D eigenvalue weighted by atomic mass is 10.5. The molecule has 0 radical (unpaired) electrons. The summed E-state index contributed by atoms with van der Waals surface area (Å²) in [5, 5.41) is 2.35. The van der Waals surface area contributed by atoms with Crippen LogP contribution in [0.4, 0.5) is 0 Å². The molecule has 0 aliphatic heterocycles. The van der Waals surface area contributed by atoms with Crippen molar-refractivity contribution in [3.63, 3.8) is 0 Å². The zero-order valence-corrected chi connectivity index (χ0v) is 5.91. The number of hydrogen-bond donors (Lipinski definition) is 2. The highest BCUT2D eigenvalue weighted by molar-refractivity contribution is 4.85. The van der Waals surface area contributed by atoms with Gasteiger partial charge in [-0.05, 0) is 0 Å². The van der Waals surface area contributed by atoms with Crippen LogP contribution in [0.1, 0.15) is 0 Å². The molecule has 1 aromatic heterocycles. The summed E-state index contributed by atoms with van der Waals surface area (Å²) in [6.45, 7) is 0.675. The maximum absolute atomic E-state index is 10.9. The minimum atomic E-state index is -0.293. The van der Waals surface area contributed by atoms with E-state index in [1.807, 2.05) is 0 Å². The van der Waals surface area contributed by atoms with Crippen molar-refractivity contribution in [1.29, 1.82) is 0 Å². The number of aromatic nitrogens is 2. The van der Waals surface area contributed by atoms with Crippen molar-refractivity contribution in [2.24, 2.45) is 5.73 Å². The SMILES string of the molecule is NCCn1[nH]c(=O)ccc1=O. The topological polar surface area (TPSA) is 80.9 Å². The zero-order valence-electron chi connectivity index (χ0n) is 5.91. The van der Waals surface area contributed by atoms with Crippen LogP contribution in [0, 0.1) is 0 Å². The van der Waals surface area contributed by atoms with E-state index >= 15 is 0 Å². The third kappa shape index (κ3) is 1.78. The molecular weight excluding hydrogens is 146 g/mol. The molecule has 1 rings (SSSR count). The molecule has 0 atom stereocenters. The lowest BCUT2D eigenvalue weighted by molar-refractivity contribution is 0.578. The summed E-state index contributed by atoms with van der Waals surface area (Å²) in [7, 11) is 0. The van der Waals surface area contributed by atoms with Gasteiger partial charge >= 0.3 is 0 Å². The van der Waals surface area contributed by atoms with E-state index in [4.69, 9.17) is 5.73 Å². The standard InChI is InChI=1S/C6H9N3O2/c7-3-4-9-6(11)2-1-5(10)8-9/h1-2H,3-4,7H2,(H,8,10). The first-order valence-corrected chi connectivity index (χ1v) is 3.24. The quantitative estimate of drug-likeness (QED) is 0.545. The van der Waals surface area contributed by atoms with Crippen LogP contribution in [0.3, 0.4) is 0 Å². The fourth-order valence-corrected chi connectivity index (χ4v) is 0.758. The minimum Gasteiger partial charge on any atom is -0.329 e. The van der Waals surface area contributed by atoms with E-state index in [2.05, 4.69) is 5.10 Å². The predicted molar refractivity (Wildman–Crippen MR) is 40.4 cm³/mol. The van der Waals surface area contributed by atoms with Crippen molar-refractivity contribution >= 4 is 0 Å². The van der Waals surface area contributed by atoms with Crippen LogP contribution >= 0.6 is 0 Å². The van der Waals surface area contributed by atoms with E-state index in [0.717, 1.165) is 0 Å². The van der Waals surface area contributed by atoms with Gasteiger partial charge in [0.2, 0.25) is 0 Å². The van der Waals surface area contributed by atoms with E-state index in [1.165, 1.54) is 16.8 Å². The number of rotatable bonds is 2. The Balaban J connectivity index is 3.13. The van der Waals surface area contributed by atoms with Crippen molar-refractivity contribution in [2.75, 3.05) is 6.54 Å². The first kappa shape index (κ1) is 7.74. The van der Waals surface area contributed by atoms with Gasteiger partial charge in [0.15, 0.2) is 0 Å². The van der Waals surface area contributed by atoms with Crippen LogP contribution in [-0.2, 0) is 6.54 Å². The van der Waals surface area contributed by atoms with E-state index in [1.54, 1.807) is 0 Å². The summed E-state index contributed by atoms with van der Waals surface area (Å²) >= 11 is 0. The smallest absolute Gasteiger partial charge is 0.265 e. The van der Waals surface area contributed by atoms with Gasteiger partial charge in [0.05, 0.1) is 6.54 Å². The second kappa shape index (κ2) is 3.16. The molecule has 5 nitrogen and oxygen atoms in total. The normalized spacial score (nSPS) is 9.91. The zero-order chi connectivity index (χ0) is 8.27. The van der Waals surface area contributed by atoms with Gasteiger partial charge in [-0.2, -0.15) is 0 Å². The van der Waals surface area contributed by atoms with Crippen molar-refractivity contribution < 1.29 is 0 Å². The van der Waals surface area contributed by atoms with Crippen LogP contribution in [0.5, 0.6) is 0 Å². The van der Waals surface area contributed by atoms with Gasteiger partial charge in [-0.15, -0.1) is 0 Å². The third-order valence-electron chi connectivity index (χ3n) is 1.24. The fourth-order valence-electron chi connectivity index (χ4n) is 0.758. The molecule has 0 saturated carbocycles. The molecule has 0 saturated heterocycles. The molecule has 0 aliphatic carbocycles. The molecule has 1 heterocycles. The van der Waals surface area contributed by atoms with Gasteiger partial charge in [-0.1, -0.05) is 0 Å². The summed E-state index contributed by atoms with van der Waals surface area (Å²) in [6, 6.07) is 2.41. The Morgan fingerprint density at radius 1 is 1.45 bits per heavy atom. The van der Waals surface area contributed by atoms with E-state index in [9.17, 15) is 9.59 Å². The van der Waals surface area contributed by atoms with Crippen molar-refractivity contribution in [3.8, 4) is 0 Å². The van der Waals surface area contributed by atoms with Crippen LogP contribution in [0.25, 0.3) is 0 Å². The number of nitrogens with one attached hydrogen (secondary N) is 1. The Labute approximate surface area is 62.4 Å². The van der Waals surface area contributed by atoms with Crippen molar-refractivity contribution in [3.05, 3.63) is 32.8 Å². The lowest BCUT2D eigenvalue weighted by Crippen LogP contribution is -2.30. The molecular formula is C6H9N3O2. The number of nitrogens with zero attached hydrogens (tertiary/aromatic N) is 1. The van der Waals surface area contributed by atoms with Gasteiger partial charge in [0, 0.05) is 18.7 Å². The molecule has 11 heavy (non-hydrogen) atoms. The summed E-state index contributed by atoms with van der Waals surface area (Å²) in [5.74, 6) is 0. The number of nitrogens with two attached hydrogens (primary N) is 1. The van der Waals surface area contributed by atoms with E-state index in [-0.39, 0.29) is 11.1 Å². The molecule has 0 amide bonds. The Morgan fingerprint density at radius 3 is 2.82 bits per heavy atom. The molecule has 0 bridgehead atoms. The second-order valence-corrected chi connectivity index (χ2v) is 2.09. The fraction of sp³-hybridized carbons (Fsp3) is 0.333. The molecule has 3 N–H and O–H groups in total. The van der Waals surface area contributed by atoms with Crippen molar-refractivity contribution in [1.82, 2.24) is 9.78 Å².